The van der Waals surface area contributed by atoms with E-state index in [4.69, 9.17) is 15.2 Å². The second-order valence-electron chi connectivity index (χ2n) is 3.17. The first-order valence-corrected chi connectivity index (χ1v) is 4.28. The summed E-state index contributed by atoms with van der Waals surface area (Å²) < 4.78 is 10.7. The van der Waals surface area contributed by atoms with Gasteiger partial charge in [-0.3, -0.25) is 0 Å². The summed E-state index contributed by atoms with van der Waals surface area (Å²) in [4.78, 5) is 0. The van der Waals surface area contributed by atoms with Crippen molar-refractivity contribution in [2.75, 3.05) is 19.8 Å². The van der Waals surface area contributed by atoms with Gasteiger partial charge in [-0.25, -0.2) is 0 Å². The molecule has 68 valence electrons. The molecule has 0 bridgehead atoms. The zero-order chi connectivity index (χ0) is 8.39. The maximum Gasteiger partial charge on any atom is 0.105 e. The first-order chi connectivity index (χ1) is 5.86. The van der Waals surface area contributed by atoms with Crippen molar-refractivity contribution in [3.63, 3.8) is 0 Å². The highest BCUT2D eigenvalue weighted by molar-refractivity contribution is 5.06. The average molecular weight is 170 g/mol. The molecular formula is C8H14N2O2. The fourth-order valence-electron chi connectivity index (χ4n) is 1.34. The number of hydrogen-bond donors (Lipinski definition) is 2. The van der Waals surface area contributed by atoms with Gasteiger partial charge in [0.1, 0.15) is 12.2 Å². The molecule has 0 radical (unpaired) electrons. The van der Waals surface area contributed by atoms with Crippen molar-refractivity contribution in [3.8, 4) is 0 Å². The number of ether oxygens (including phenoxy) is 2. The molecule has 0 spiro atoms. The molecule has 1 atom stereocenters. The lowest BCUT2D eigenvalue weighted by molar-refractivity contribution is -0.148. The SMILES string of the molecule is NC1=CNCCC1OC1COC1. The van der Waals surface area contributed by atoms with Gasteiger partial charge < -0.3 is 20.5 Å². The highest BCUT2D eigenvalue weighted by Crippen LogP contribution is 2.15. The van der Waals surface area contributed by atoms with E-state index in [0.717, 1.165) is 31.9 Å². The van der Waals surface area contributed by atoms with Gasteiger partial charge in [0.15, 0.2) is 0 Å². The fourth-order valence-corrected chi connectivity index (χ4v) is 1.34. The maximum absolute atomic E-state index is 5.74. The van der Waals surface area contributed by atoms with E-state index in [9.17, 15) is 0 Å². The Morgan fingerprint density at radius 2 is 2.42 bits per heavy atom. The van der Waals surface area contributed by atoms with Crippen LogP contribution in [0, 0.1) is 0 Å². The van der Waals surface area contributed by atoms with Crippen molar-refractivity contribution in [2.45, 2.75) is 18.6 Å². The monoisotopic (exact) mass is 170 g/mol. The van der Waals surface area contributed by atoms with Crippen molar-refractivity contribution in [2.24, 2.45) is 5.73 Å². The van der Waals surface area contributed by atoms with Crippen LogP contribution in [0.2, 0.25) is 0 Å². The van der Waals surface area contributed by atoms with Crippen molar-refractivity contribution < 1.29 is 9.47 Å². The van der Waals surface area contributed by atoms with Crippen LogP contribution in [-0.4, -0.2) is 32.0 Å². The predicted molar refractivity (Wildman–Crippen MR) is 44.4 cm³/mol. The third kappa shape index (κ3) is 1.54. The minimum Gasteiger partial charge on any atom is -0.399 e. The van der Waals surface area contributed by atoms with Crippen LogP contribution in [0.5, 0.6) is 0 Å². The first kappa shape index (κ1) is 7.89. The molecule has 1 saturated heterocycles. The van der Waals surface area contributed by atoms with Crippen LogP contribution >= 0.6 is 0 Å². The molecular weight excluding hydrogens is 156 g/mol. The van der Waals surface area contributed by atoms with E-state index in [0.29, 0.717) is 0 Å². The molecule has 2 aliphatic heterocycles. The van der Waals surface area contributed by atoms with Gasteiger partial charge in [0.2, 0.25) is 0 Å². The van der Waals surface area contributed by atoms with E-state index >= 15 is 0 Å². The third-order valence-electron chi connectivity index (χ3n) is 2.16. The number of nitrogens with two attached hydrogens (primary N) is 1. The Labute approximate surface area is 71.7 Å². The normalized spacial score (nSPS) is 30.3. The average Bonchev–Trinajstić information content (AvgIpc) is 2.00. The molecule has 1 unspecified atom stereocenters. The molecule has 0 aromatic carbocycles. The van der Waals surface area contributed by atoms with Crippen LogP contribution in [0.1, 0.15) is 6.42 Å². The van der Waals surface area contributed by atoms with E-state index in [2.05, 4.69) is 5.32 Å². The molecule has 0 aliphatic carbocycles. The molecule has 2 heterocycles. The van der Waals surface area contributed by atoms with Gasteiger partial charge in [-0.15, -0.1) is 0 Å². The highest BCUT2D eigenvalue weighted by Gasteiger charge is 2.25. The smallest absolute Gasteiger partial charge is 0.105 e. The van der Waals surface area contributed by atoms with E-state index in [1.54, 1.807) is 0 Å². The largest absolute Gasteiger partial charge is 0.399 e. The quantitative estimate of drug-likeness (QED) is 0.590. The van der Waals surface area contributed by atoms with Crippen molar-refractivity contribution in [3.05, 3.63) is 11.9 Å². The molecule has 1 fully saturated rings. The van der Waals surface area contributed by atoms with Gasteiger partial charge >= 0.3 is 0 Å². The van der Waals surface area contributed by atoms with E-state index in [1.165, 1.54) is 0 Å². The minimum atomic E-state index is 0.0974. The molecule has 4 nitrogen and oxygen atoms in total. The summed E-state index contributed by atoms with van der Waals surface area (Å²) in [6, 6.07) is 0. The Balaban J connectivity index is 1.84. The van der Waals surface area contributed by atoms with Gasteiger partial charge in [0.25, 0.3) is 0 Å². The van der Waals surface area contributed by atoms with Crippen LogP contribution in [-0.2, 0) is 9.47 Å². The van der Waals surface area contributed by atoms with Crippen LogP contribution < -0.4 is 11.1 Å². The summed E-state index contributed by atoms with van der Waals surface area (Å²) in [5.74, 6) is 0. The van der Waals surface area contributed by atoms with E-state index in [1.807, 2.05) is 6.20 Å². The summed E-state index contributed by atoms with van der Waals surface area (Å²) in [7, 11) is 0. The predicted octanol–water partition coefficient (Wildman–Crippen LogP) is -0.436. The molecule has 3 N–H and O–H groups in total. The van der Waals surface area contributed by atoms with Crippen LogP contribution in [0.3, 0.4) is 0 Å². The lowest BCUT2D eigenvalue weighted by atomic mass is 10.1. The van der Waals surface area contributed by atoms with Crippen LogP contribution in [0.25, 0.3) is 0 Å². The number of hydrogen-bond acceptors (Lipinski definition) is 4. The highest BCUT2D eigenvalue weighted by atomic mass is 16.6. The van der Waals surface area contributed by atoms with Gasteiger partial charge in [-0.05, 0) is 6.42 Å². The summed E-state index contributed by atoms with van der Waals surface area (Å²) >= 11 is 0. The molecule has 0 aromatic heterocycles. The van der Waals surface area contributed by atoms with Crippen molar-refractivity contribution >= 4 is 0 Å². The van der Waals surface area contributed by atoms with Crippen LogP contribution in [0.4, 0.5) is 0 Å². The lowest BCUT2D eigenvalue weighted by Crippen LogP contribution is -2.42. The molecule has 0 saturated carbocycles. The molecule has 12 heavy (non-hydrogen) atoms. The van der Waals surface area contributed by atoms with Crippen LogP contribution in [0.15, 0.2) is 11.9 Å². The van der Waals surface area contributed by atoms with Crippen molar-refractivity contribution in [1.29, 1.82) is 0 Å². The summed E-state index contributed by atoms with van der Waals surface area (Å²) in [5, 5.41) is 3.08. The Hall–Kier alpha value is -0.740. The summed E-state index contributed by atoms with van der Waals surface area (Å²) in [6.07, 6.45) is 3.15. The van der Waals surface area contributed by atoms with Gasteiger partial charge in [-0.1, -0.05) is 0 Å². The lowest BCUT2D eigenvalue weighted by Gasteiger charge is -2.32. The van der Waals surface area contributed by atoms with E-state index in [-0.39, 0.29) is 12.2 Å². The third-order valence-corrected chi connectivity index (χ3v) is 2.16. The topological polar surface area (TPSA) is 56.5 Å². The zero-order valence-corrected chi connectivity index (χ0v) is 6.95. The number of nitrogens with one attached hydrogen (secondary N) is 1. The Morgan fingerprint density at radius 3 is 3.00 bits per heavy atom. The molecule has 4 heteroatoms. The standard InChI is InChI=1S/C8H14N2O2/c9-7-3-10-2-1-8(7)12-6-4-11-5-6/h3,6,8,10H,1-2,4-5,9H2. The molecule has 0 amide bonds. The molecule has 2 aliphatic rings. The Kier molecular flexibility index (Phi) is 2.19. The molecule has 2 rings (SSSR count). The second-order valence-corrected chi connectivity index (χ2v) is 3.17. The van der Waals surface area contributed by atoms with Gasteiger partial charge in [0, 0.05) is 12.7 Å². The Morgan fingerprint density at radius 1 is 1.58 bits per heavy atom. The Bertz CT molecular complexity index is 189. The zero-order valence-electron chi connectivity index (χ0n) is 6.95. The number of rotatable bonds is 2. The van der Waals surface area contributed by atoms with E-state index < -0.39 is 0 Å². The fraction of sp³-hybridized carbons (Fsp3) is 0.750. The molecule has 0 aromatic rings. The van der Waals surface area contributed by atoms with Gasteiger partial charge in [0.05, 0.1) is 18.9 Å². The van der Waals surface area contributed by atoms with Gasteiger partial charge in [-0.2, -0.15) is 0 Å². The summed E-state index contributed by atoms with van der Waals surface area (Å²) in [5.41, 5.74) is 6.54. The second kappa shape index (κ2) is 3.33. The summed E-state index contributed by atoms with van der Waals surface area (Å²) in [6.45, 7) is 2.38. The first-order valence-electron chi connectivity index (χ1n) is 4.28. The maximum atomic E-state index is 5.74. The minimum absolute atomic E-state index is 0.0974. The van der Waals surface area contributed by atoms with Crippen molar-refractivity contribution in [1.82, 2.24) is 5.32 Å².